The average molecular weight is 266 g/mol. The van der Waals surface area contributed by atoms with Gasteiger partial charge in [-0.1, -0.05) is 0 Å². The van der Waals surface area contributed by atoms with Gasteiger partial charge in [-0.3, -0.25) is 0 Å². The Labute approximate surface area is 116 Å². The Kier molecular flexibility index (Phi) is 6.25. The molecule has 0 saturated carbocycles. The molecule has 1 aromatic heterocycles. The van der Waals surface area contributed by atoms with E-state index in [1.54, 1.807) is 0 Å². The SMILES string of the molecule is CCOCCOc1cc(CNC(C)(C)C)cc(C)n1. The predicted octanol–water partition coefficient (Wildman–Crippen LogP) is 2.69. The zero-order valence-electron chi connectivity index (χ0n) is 12.7. The van der Waals surface area contributed by atoms with Crippen molar-refractivity contribution in [3.63, 3.8) is 0 Å². The number of nitrogens with one attached hydrogen (secondary N) is 1. The van der Waals surface area contributed by atoms with Crippen LogP contribution in [-0.4, -0.2) is 30.3 Å². The van der Waals surface area contributed by atoms with Gasteiger partial charge in [0, 0.05) is 30.5 Å². The molecule has 0 radical (unpaired) electrons. The molecule has 4 nitrogen and oxygen atoms in total. The molecule has 108 valence electrons. The summed E-state index contributed by atoms with van der Waals surface area (Å²) in [5.74, 6) is 0.672. The molecule has 1 heterocycles. The topological polar surface area (TPSA) is 43.4 Å². The molecular formula is C15H26N2O2. The van der Waals surface area contributed by atoms with Crippen molar-refractivity contribution in [2.75, 3.05) is 19.8 Å². The van der Waals surface area contributed by atoms with Crippen LogP contribution < -0.4 is 10.1 Å². The lowest BCUT2D eigenvalue weighted by Gasteiger charge is -2.20. The van der Waals surface area contributed by atoms with Gasteiger partial charge < -0.3 is 14.8 Å². The van der Waals surface area contributed by atoms with Gasteiger partial charge in [-0.25, -0.2) is 4.98 Å². The quantitative estimate of drug-likeness (QED) is 0.771. The minimum Gasteiger partial charge on any atom is -0.475 e. The maximum atomic E-state index is 5.60. The number of hydrogen-bond acceptors (Lipinski definition) is 4. The Morgan fingerprint density at radius 3 is 2.58 bits per heavy atom. The van der Waals surface area contributed by atoms with Gasteiger partial charge in [-0.2, -0.15) is 0 Å². The van der Waals surface area contributed by atoms with Crippen molar-refractivity contribution in [3.05, 3.63) is 23.4 Å². The van der Waals surface area contributed by atoms with E-state index in [-0.39, 0.29) is 5.54 Å². The fourth-order valence-electron chi connectivity index (χ4n) is 1.60. The Balaban J connectivity index is 2.56. The van der Waals surface area contributed by atoms with E-state index in [4.69, 9.17) is 9.47 Å². The second kappa shape index (κ2) is 7.46. The third-order valence-electron chi connectivity index (χ3n) is 2.49. The van der Waals surface area contributed by atoms with E-state index >= 15 is 0 Å². The number of rotatable bonds is 7. The Bertz CT molecular complexity index is 386. The average Bonchev–Trinajstić information content (AvgIpc) is 2.31. The van der Waals surface area contributed by atoms with E-state index in [0.717, 1.165) is 12.2 Å². The van der Waals surface area contributed by atoms with Crippen molar-refractivity contribution in [1.29, 1.82) is 0 Å². The molecule has 0 atom stereocenters. The van der Waals surface area contributed by atoms with Crippen molar-refractivity contribution in [2.24, 2.45) is 0 Å². The minimum atomic E-state index is 0.104. The molecule has 0 aromatic carbocycles. The molecule has 19 heavy (non-hydrogen) atoms. The van der Waals surface area contributed by atoms with Crippen molar-refractivity contribution in [2.45, 2.75) is 46.7 Å². The molecule has 4 heteroatoms. The molecule has 0 amide bonds. The summed E-state index contributed by atoms with van der Waals surface area (Å²) < 4.78 is 10.8. The van der Waals surface area contributed by atoms with Crippen molar-refractivity contribution >= 4 is 0 Å². The Morgan fingerprint density at radius 2 is 1.95 bits per heavy atom. The molecule has 0 aliphatic rings. The van der Waals surface area contributed by atoms with Crippen molar-refractivity contribution < 1.29 is 9.47 Å². The first-order valence-electron chi connectivity index (χ1n) is 6.84. The first-order valence-corrected chi connectivity index (χ1v) is 6.84. The van der Waals surface area contributed by atoms with Crippen molar-refractivity contribution in [3.8, 4) is 5.88 Å². The third kappa shape index (κ3) is 7.13. The molecule has 0 fully saturated rings. The maximum Gasteiger partial charge on any atom is 0.213 e. The standard InChI is InChI=1S/C15H26N2O2/c1-6-18-7-8-19-14-10-13(9-12(2)17-14)11-16-15(3,4)5/h9-10,16H,6-8,11H2,1-5H3. The largest absolute Gasteiger partial charge is 0.475 e. The summed E-state index contributed by atoms with van der Waals surface area (Å²) >= 11 is 0. The van der Waals surface area contributed by atoms with Crippen LogP contribution in [0.25, 0.3) is 0 Å². The number of ether oxygens (including phenoxy) is 2. The van der Waals surface area contributed by atoms with E-state index in [1.807, 2.05) is 19.9 Å². The van der Waals surface area contributed by atoms with Gasteiger partial charge >= 0.3 is 0 Å². The lowest BCUT2D eigenvalue weighted by molar-refractivity contribution is 0.108. The van der Waals surface area contributed by atoms with Gasteiger partial charge in [-0.15, -0.1) is 0 Å². The second-order valence-corrected chi connectivity index (χ2v) is 5.60. The van der Waals surface area contributed by atoms with Crippen LogP contribution in [0.5, 0.6) is 5.88 Å². The van der Waals surface area contributed by atoms with Gasteiger partial charge in [0.1, 0.15) is 6.61 Å². The van der Waals surface area contributed by atoms with Crippen LogP contribution in [0.2, 0.25) is 0 Å². The third-order valence-corrected chi connectivity index (χ3v) is 2.49. The van der Waals surface area contributed by atoms with Gasteiger partial charge in [-0.05, 0) is 46.2 Å². The highest BCUT2D eigenvalue weighted by atomic mass is 16.5. The first-order chi connectivity index (χ1) is 8.90. The van der Waals surface area contributed by atoms with Crippen LogP contribution in [0.4, 0.5) is 0 Å². The van der Waals surface area contributed by atoms with E-state index in [0.29, 0.717) is 25.7 Å². The highest BCUT2D eigenvalue weighted by Gasteiger charge is 2.09. The van der Waals surface area contributed by atoms with Crippen LogP contribution in [0, 0.1) is 6.92 Å². The van der Waals surface area contributed by atoms with Crippen LogP contribution >= 0.6 is 0 Å². The van der Waals surface area contributed by atoms with Gasteiger partial charge in [0.25, 0.3) is 0 Å². The van der Waals surface area contributed by atoms with E-state index in [9.17, 15) is 0 Å². The second-order valence-electron chi connectivity index (χ2n) is 5.60. The van der Waals surface area contributed by atoms with E-state index < -0.39 is 0 Å². The summed E-state index contributed by atoms with van der Waals surface area (Å²) in [6, 6.07) is 4.06. The van der Waals surface area contributed by atoms with Crippen molar-refractivity contribution in [1.82, 2.24) is 10.3 Å². The lowest BCUT2D eigenvalue weighted by atomic mass is 10.1. The fourth-order valence-corrected chi connectivity index (χ4v) is 1.60. The summed E-state index contributed by atoms with van der Waals surface area (Å²) in [6.45, 7) is 13.1. The van der Waals surface area contributed by atoms with E-state index in [1.165, 1.54) is 5.56 Å². The number of aromatic nitrogens is 1. The lowest BCUT2D eigenvalue weighted by Crippen LogP contribution is -2.35. The molecule has 0 unspecified atom stereocenters. The molecule has 1 aromatic rings. The summed E-state index contributed by atoms with van der Waals surface area (Å²) in [5.41, 5.74) is 2.26. The molecule has 1 rings (SSSR count). The maximum absolute atomic E-state index is 5.60. The number of aryl methyl sites for hydroxylation is 1. The van der Waals surface area contributed by atoms with Gasteiger partial charge in [0.05, 0.1) is 6.61 Å². The number of pyridine rings is 1. The molecule has 0 spiro atoms. The fraction of sp³-hybridized carbons (Fsp3) is 0.667. The molecule has 0 bridgehead atoms. The summed E-state index contributed by atoms with van der Waals surface area (Å²) in [6.07, 6.45) is 0. The Hall–Kier alpha value is -1.13. The normalized spacial score (nSPS) is 11.6. The highest BCUT2D eigenvalue weighted by Crippen LogP contribution is 2.13. The highest BCUT2D eigenvalue weighted by molar-refractivity contribution is 5.24. The number of nitrogens with zero attached hydrogens (tertiary/aromatic N) is 1. The van der Waals surface area contributed by atoms with Crippen LogP contribution in [0.15, 0.2) is 12.1 Å². The Morgan fingerprint density at radius 1 is 1.21 bits per heavy atom. The number of hydrogen-bond donors (Lipinski definition) is 1. The summed E-state index contributed by atoms with van der Waals surface area (Å²) in [7, 11) is 0. The van der Waals surface area contributed by atoms with Crippen LogP contribution in [0.3, 0.4) is 0 Å². The molecule has 0 aliphatic heterocycles. The zero-order valence-corrected chi connectivity index (χ0v) is 12.7. The summed E-state index contributed by atoms with van der Waals surface area (Å²) in [5, 5.41) is 3.46. The van der Waals surface area contributed by atoms with Crippen LogP contribution in [-0.2, 0) is 11.3 Å². The van der Waals surface area contributed by atoms with Crippen LogP contribution in [0.1, 0.15) is 39.0 Å². The summed E-state index contributed by atoms with van der Waals surface area (Å²) in [4.78, 5) is 4.37. The van der Waals surface area contributed by atoms with Gasteiger partial charge in [0.2, 0.25) is 5.88 Å². The monoisotopic (exact) mass is 266 g/mol. The molecule has 0 aliphatic carbocycles. The molecule has 1 N–H and O–H groups in total. The first kappa shape index (κ1) is 15.9. The van der Waals surface area contributed by atoms with Gasteiger partial charge in [0.15, 0.2) is 0 Å². The smallest absolute Gasteiger partial charge is 0.213 e. The minimum absolute atomic E-state index is 0.104. The van der Waals surface area contributed by atoms with E-state index in [2.05, 4.69) is 37.1 Å². The molecule has 0 saturated heterocycles. The molecular weight excluding hydrogens is 240 g/mol. The zero-order chi connectivity index (χ0) is 14.3. The predicted molar refractivity (Wildman–Crippen MR) is 77.6 cm³/mol.